The summed E-state index contributed by atoms with van der Waals surface area (Å²) in [5.74, 6) is 2.61. The molecule has 4 bridgehead atoms. The minimum atomic E-state index is -0.105. The fourth-order valence-corrected chi connectivity index (χ4v) is 5.85. The number of hydrogen-bond acceptors (Lipinski definition) is 2. The Bertz CT molecular complexity index is 742. The molecule has 4 saturated carbocycles. The first-order valence-corrected chi connectivity index (χ1v) is 8.87. The summed E-state index contributed by atoms with van der Waals surface area (Å²) in [7, 11) is 0. The molecule has 0 atom stereocenters. The first-order valence-electron chi connectivity index (χ1n) is 8.87. The summed E-state index contributed by atoms with van der Waals surface area (Å²) < 4.78 is 0. The molecule has 3 nitrogen and oxygen atoms in total. The summed E-state index contributed by atoms with van der Waals surface area (Å²) >= 11 is 0. The number of fused-ring (bicyclic) bond motifs is 1. The number of nitrogens with zero attached hydrogens (tertiary/aromatic N) is 1. The van der Waals surface area contributed by atoms with Crippen LogP contribution >= 0.6 is 0 Å². The number of amides is 1. The van der Waals surface area contributed by atoms with Gasteiger partial charge in [0.1, 0.15) is 0 Å². The van der Waals surface area contributed by atoms with E-state index in [-0.39, 0.29) is 11.3 Å². The Morgan fingerprint density at radius 3 is 2.35 bits per heavy atom. The Labute approximate surface area is 136 Å². The summed E-state index contributed by atoms with van der Waals surface area (Å²) in [5, 5.41) is 4.32. The van der Waals surface area contributed by atoms with E-state index in [2.05, 4.69) is 10.3 Å². The van der Waals surface area contributed by atoms with Gasteiger partial charge in [-0.3, -0.25) is 9.78 Å². The van der Waals surface area contributed by atoms with E-state index in [9.17, 15) is 4.79 Å². The number of carbonyl (C=O) groups is 1. The average Bonchev–Trinajstić information content (AvgIpc) is 2.54. The van der Waals surface area contributed by atoms with E-state index >= 15 is 0 Å². The van der Waals surface area contributed by atoms with Crippen molar-refractivity contribution >= 4 is 22.5 Å². The van der Waals surface area contributed by atoms with Gasteiger partial charge in [0, 0.05) is 11.6 Å². The Morgan fingerprint density at radius 1 is 1.00 bits per heavy atom. The van der Waals surface area contributed by atoms with Gasteiger partial charge in [-0.15, -0.1) is 0 Å². The number of hydrogen-bond donors (Lipinski definition) is 1. The monoisotopic (exact) mass is 306 g/mol. The standard InChI is InChI=1S/C20H22N2O/c23-19(20-10-13-7-14(11-20)9-15(8-13)12-20)22-17-5-1-3-16-4-2-6-21-18(16)17/h1-6,13-15H,7-12H2,(H,22,23). The first kappa shape index (κ1) is 13.5. The van der Waals surface area contributed by atoms with Gasteiger partial charge in [0.15, 0.2) is 0 Å². The number of nitrogens with one attached hydrogen (secondary N) is 1. The zero-order valence-electron chi connectivity index (χ0n) is 13.3. The molecular weight excluding hydrogens is 284 g/mol. The molecule has 1 heterocycles. The zero-order chi connectivity index (χ0) is 15.4. The molecule has 1 amide bonds. The third-order valence-electron chi connectivity index (χ3n) is 6.40. The summed E-state index contributed by atoms with van der Waals surface area (Å²) in [6.07, 6.45) is 9.19. The fraction of sp³-hybridized carbons (Fsp3) is 0.500. The maximum Gasteiger partial charge on any atom is 0.230 e. The molecule has 1 aromatic carbocycles. The molecule has 3 heteroatoms. The molecule has 0 radical (unpaired) electrons. The van der Waals surface area contributed by atoms with Gasteiger partial charge in [-0.2, -0.15) is 0 Å². The van der Waals surface area contributed by atoms with Crippen molar-refractivity contribution in [2.45, 2.75) is 38.5 Å². The van der Waals surface area contributed by atoms with Crippen molar-refractivity contribution in [1.29, 1.82) is 0 Å². The highest BCUT2D eigenvalue weighted by Gasteiger charge is 2.54. The predicted octanol–water partition coefficient (Wildman–Crippen LogP) is 4.39. The van der Waals surface area contributed by atoms with Crippen LogP contribution in [0.15, 0.2) is 36.5 Å². The molecule has 1 N–H and O–H groups in total. The zero-order valence-corrected chi connectivity index (χ0v) is 13.3. The Hall–Kier alpha value is -1.90. The fourth-order valence-electron chi connectivity index (χ4n) is 5.85. The topological polar surface area (TPSA) is 42.0 Å². The van der Waals surface area contributed by atoms with Crippen molar-refractivity contribution in [2.75, 3.05) is 5.32 Å². The molecule has 0 unspecified atom stereocenters. The van der Waals surface area contributed by atoms with Crippen LogP contribution in [0.2, 0.25) is 0 Å². The van der Waals surface area contributed by atoms with Crippen molar-refractivity contribution in [3.8, 4) is 0 Å². The number of benzene rings is 1. The van der Waals surface area contributed by atoms with Gasteiger partial charge in [-0.25, -0.2) is 0 Å². The highest BCUT2D eigenvalue weighted by molar-refractivity contribution is 6.02. The second kappa shape index (κ2) is 4.80. The van der Waals surface area contributed by atoms with E-state index in [1.807, 2.05) is 30.3 Å². The number of para-hydroxylation sites is 1. The van der Waals surface area contributed by atoms with Crippen LogP contribution in [0, 0.1) is 23.2 Å². The van der Waals surface area contributed by atoms with Crippen LogP contribution in [0.5, 0.6) is 0 Å². The molecule has 0 saturated heterocycles. The lowest BCUT2D eigenvalue weighted by Crippen LogP contribution is -2.51. The maximum absolute atomic E-state index is 13.2. The van der Waals surface area contributed by atoms with Crippen molar-refractivity contribution in [3.05, 3.63) is 36.5 Å². The maximum atomic E-state index is 13.2. The minimum absolute atomic E-state index is 0.105. The van der Waals surface area contributed by atoms with Gasteiger partial charge in [-0.05, 0) is 68.4 Å². The van der Waals surface area contributed by atoms with E-state index in [1.165, 1.54) is 19.3 Å². The molecular formula is C20H22N2O. The van der Waals surface area contributed by atoms with Crippen LogP contribution in [-0.2, 0) is 4.79 Å². The first-order chi connectivity index (χ1) is 11.2. The van der Waals surface area contributed by atoms with E-state index in [1.54, 1.807) is 6.20 Å². The molecule has 1 aromatic heterocycles. The second-order valence-corrected chi connectivity index (χ2v) is 8.03. The third kappa shape index (κ3) is 2.09. The predicted molar refractivity (Wildman–Crippen MR) is 91.0 cm³/mol. The average molecular weight is 306 g/mol. The second-order valence-electron chi connectivity index (χ2n) is 8.03. The third-order valence-corrected chi connectivity index (χ3v) is 6.40. The van der Waals surface area contributed by atoms with Gasteiger partial charge in [0.25, 0.3) is 0 Å². The summed E-state index contributed by atoms with van der Waals surface area (Å²) in [5.41, 5.74) is 1.66. The van der Waals surface area contributed by atoms with Gasteiger partial charge in [0.05, 0.1) is 16.6 Å². The number of carbonyl (C=O) groups excluding carboxylic acids is 1. The van der Waals surface area contributed by atoms with Crippen molar-refractivity contribution in [2.24, 2.45) is 23.2 Å². The molecule has 4 aliphatic carbocycles. The lowest BCUT2D eigenvalue weighted by atomic mass is 9.49. The largest absolute Gasteiger partial charge is 0.324 e. The molecule has 118 valence electrons. The van der Waals surface area contributed by atoms with Crippen LogP contribution in [-0.4, -0.2) is 10.9 Å². The SMILES string of the molecule is O=C(Nc1cccc2cccnc12)C12CC3CC(CC(C3)C1)C2. The number of anilines is 1. The van der Waals surface area contributed by atoms with Crippen molar-refractivity contribution in [1.82, 2.24) is 4.98 Å². The molecule has 4 fully saturated rings. The lowest BCUT2D eigenvalue weighted by Gasteiger charge is -2.55. The van der Waals surface area contributed by atoms with Crippen molar-refractivity contribution in [3.63, 3.8) is 0 Å². The van der Waals surface area contributed by atoms with Crippen LogP contribution < -0.4 is 5.32 Å². The molecule has 23 heavy (non-hydrogen) atoms. The Morgan fingerprint density at radius 2 is 1.65 bits per heavy atom. The van der Waals surface area contributed by atoms with E-state index in [0.717, 1.165) is 53.6 Å². The minimum Gasteiger partial charge on any atom is -0.324 e. The highest BCUT2D eigenvalue weighted by Crippen LogP contribution is 2.60. The van der Waals surface area contributed by atoms with Gasteiger partial charge in [-0.1, -0.05) is 18.2 Å². The quantitative estimate of drug-likeness (QED) is 0.894. The lowest BCUT2D eigenvalue weighted by molar-refractivity contribution is -0.140. The Kier molecular flexibility index (Phi) is 2.82. The van der Waals surface area contributed by atoms with Gasteiger partial charge in [0.2, 0.25) is 5.91 Å². The summed E-state index contributed by atoms with van der Waals surface area (Å²) in [6, 6.07) is 10.0. The van der Waals surface area contributed by atoms with E-state index < -0.39 is 0 Å². The van der Waals surface area contributed by atoms with Crippen LogP contribution in [0.25, 0.3) is 10.9 Å². The van der Waals surface area contributed by atoms with E-state index in [0.29, 0.717) is 0 Å². The normalized spacial score (nSPS) is 34.7. The van der Waals surface area contributed by atoms with Crippen LogP contribution in [0.1, 0.15) is 38.5 Å². The van der Waals surface area contributed by atoms with Crippen molar-refractivity contribution < 1.29 is 4.79 Å². The molecule has 0 aliphatic heterocycles. The van der Waals surface area contributed by atoms with Gasteiger partial charge < -0.3 is 5.32 Å². The Balaban J connectivity index is 1.47. The van der Waals surface area contributed by atoms with Crippen LogP contribution in [0.3, 0.4) is 0 Å². The highest BCUT2D eigenvalue weighted by atomic mass is 16.2. The smallest absolute Gasteiger partial charge is 0.230 e. The van der Waals surface area contributed by atoms with E-state index in [4.69, 9.17) is 0 Å². The molecule has 4 aliphatic rings. The van der Waals surface area contributed by atoms with Gasteiger partial charge >= 0.3 is 0 Å². The molecule has 0 spiro atoms. The number of rotatable bonds is 2. The number of pyridine rings is 1. The van der Waals surface area contributed by atoms with Crippen LogP contribution in [0.4, 0.5) is 5.69 Å². The molecule has 6 rings (SSSR count). The summed E-state index contributed by atoms with van der Waals surface area (Å²) in [6.45, 7) is 0. The molecule has 2 aromatic rings. The number of aromatic nitrogens is 1. The summed E-state index contributed by atoms with van der Waals surface area (Å²) in [4.78, 5) is 17.6.